The fourth-order valence-corrected chi connectivity index (χ4v) is 1.43. The molecule has 3 nitrogen and oxygen atoms in total. The number of hydrogen-bond donors (Lipinski definition) is 0. The van der Waals surface area contributed by atoms with Crippen molar-refractivity contribution in [3.05, 3.63) is 24.4 Å². The van der Waals surface area contributed by atoms with E-state index in [4.69, 9.17) is 4.74 Å². The van der Waals surface area contributed by atoms with Crippen LogP contribution in [0.2, 0.25) is 0 Å². The SMILES string of the molecule is CCCCC#CC1C=CC=CN1C(=O)OCC. The highest BCUT2D eigenvalue weighted by atomic mass is 16.6. The van der Waals surface area contributed by atoms with Gasteiger partial charge in [-0.05, 0) is 25.5 Å². The van der Waals surface area contributed by atoms with Crippen LogP contribution in [0.3, 0.4) is 0 Å². The zero-order chi connectivity index (χ0) is 12.5. The minimum atomic E-state index is -0.345. The molecule has 17 heavy (non-hydrogen) atoms. The summed E-state index contributed by atoms with van der Waals surface area (Å²) in [6.07, 6.45) is 10.1. The van der Waals surface area contributed by atoms with E-state index in [-0.39, 0.29) is 12.1 Å². The van der Waals surface area contributed by atoms with Crippen molar-refractivity contribution in [2.45, 2.75) is 39.2 Å². The number of allylic oxidation sites excluding steroid dienone is 2. The maximum atomic E-state index is 11.6. The fraction of sp³-hybridized carbons (Fsp3) is 0.500. The maximum Gasteiger partial charge on any atom is 0.415 e. The molecular formula is C14H19NO2. The third kappa shape index (κ3) is 4.36. The van der Waals surface area contributed by atoms with Crippen LogP contribution in [0.25, 0.3) is 0 Å². The second-order valence-corrected chi connectivity index (χ2v) is 3.70. The monoisotopic (exact) mass is 233 g/mol. The molecule has 0 aromatic heterocycles. The topological polar surface area (TPSA) is 29.5 Å². The van der Waals surface area contributed by atoms with Gasteiger partial charge in [-0.25, -0.2) is 4.79 Å². The molecule has 92 valence electrons. The molecule has 0 fully saturated rings. The third-order valence-corrected chi connectivity index (χ3v) is 2.33. The Labute approximate surface area is 103 Å². The molecule has 3 heteroatoms. The van der Waals surface area contributed by atoms with Crippen molar-refractivity contribution in [1.82, 2.24) is 4.90 Å². The van der Waals surface area contributed by atoms with Gasteiger partial charge in [-0.2, -0.15) is 0 Å². The first-order chi connectivity index (χ1) is 8.29. The summed E-state index contributed by atoms with van der Waals surface area (Å²) in [5, 5.41) is 0. The smallest absolute Gasteiger partial charge is 0.415 e. The molecule has 1 amide bonds. The Hall–Kier alpha value is -1.69. The zero-order valence-electron chi connectivity index (χ0n) is 10.5. The highest BCUT2D eigenvalue weighted by Gasteiger charge is 2.20. The fourth-order valence-electron chi connectivity index (χ4n) is 1.43. The van der Waals surface area contributed by atoms with Gasteiger partial charge in [-0.15, -0.1) is 5.92 Å². The first kappa shape index (κ1) is 13.4. The van der Waals surface area contributed by atoms with Gasteiger partial charge < -0.3 is 4.74 Å². The molecule has 1 rings (SSSR count). The summed E-state index contributed by atoms with van der Waals surface area (Å²) in [4.78, 5) is 13.2. The second kappa shape index (κ2) is 7.56. The first-order valence-electron chi connectivity index (χ1n) is 6.08. The normalized spacial score (nSPS) is 17.5. The van der Waals surface area contributed by atoms with Crippen molar-refractivity contribution in [2.24, 2.45) is 0 Å². The Morgan fingerprint density at radius 1 is 1.41 bits per heavy atom. The van der Waals surface area contributed by atoms with Crippen LogP contribution in [0.5, 0.6) is 0 Å². The van der Waals surface area contributed by atoms with E-state index in [1.807, 2.05) is 12.2 Å². The first-order valence-corrected chi connectivity index (χ1v) is 6.08. The van der Waals surface area contributed by atoms with E-state index >= 15 is 0 Å². The third-order valence-electron chi connectivity index (χ3n) is 2.33. The minimum absolute atomic E-state index is 0.198. The van der Waals surface area contributed by atoms with Crippen LogP contribution in [0.15, 0.2) is 24.4 Å². The number of carbonyl (C=O) groups excluding carboxylic acids is 1. The van der Waals surface area contributed by atoms with Gasteiger partial charge in [-0.3, -0.25) is 4.90 Å². The number of hydrogen-bond acceptors (Lipinski definition) is 2. The van der Waals surface area contributed by atoms with Crippen LogP contribution in [0.4, 0.5) is 4.79 Å². The van der Waals surface area contributed by atoms with Crippen LogP contribution >= 0.6 is 0 Å². The van der Waals surface area contributed by atoms with E-state index < -0.39 is 0 Å². The molecular weight excluding hydrogens is 214 g/mol. The molecule has 0 bridgehead atoms. The standard InChI is InChI=1S/C14H19NO2/c1-3-5-6-7-10-13-11-8-9-12-15(13)14(16)17-4-2/h8-9,11-13H,3-6H2,1-2H3. The molecule has 0 N–H and O–H groups in total. The Morgan fingerprint density at radius 3 is 2.94 bits per heavy atom. The summed E-state index contributed by atoms with van der Waals surface area (Å²) >= 11 is 0. The molecule has 0 aromatic carbocycles. The Balaban J connectivity index is 2.60. The van der Waals surface area contributed by atoms with Crippen LogP contribution in [0.1, 0.15) is 33.1 Å². The van der Waals surface area contributed by atoms with Crippen LogP contribution in [0, 0.1) is 11.8 Å². The lowest BCUT2D eigenvalue weighted by Gasteiger charge is -2.23. The predicted octanol–water partition coefficient (Wildman–Crippen LogP) is 3.09. The van der Waals surface area contributed by atoms with Crippen LogP contribution in [-0.2, 0) is 4.74 Å². The summed E-state index contributed by atoms with van der Waals surface area (Å²) in [5.74, 6) is 6.18. The molecule has 1 aliphatic heterocycles. The van der Waals surface area contributed by atoms with Gasteiger partial charge in [0.1, 0.15) is 6.04 Å². The quantitative estimate of drug-likeness (QED) is 0.553. The number of unbranched alkanes of at least 4 members (excludes halogenated alkanes) is 2. The highest BCUT2D eigenvalue weighted by Crippen LogP contribution is 2.09. The van der Waals surface area contributed by atoms with Crippen LogP contribution < -0.4 is 0 Å². The number of carbonyl (C=O) groups is 1. The molecule has 0 aromatic rings. The largest absolute Gasteiger partial charge is 0.449 e. The molecule has 0 saturated heterocycles. The molecule has 1 aliphatic rings. The summed E-state index contributed by atoms with van der Waals surface area (Å²) in [5.41, 5.74) is 0. The second-order valence-electron chi connectivity index (χ2n) is 3.70. The Morgan fingerprint density at radius 2 is 2.24 bits per heavy atom. The van der Waals surface area contributed by atoms with E-state index in [1.165, 1.54) is 4.90 Å². The maximum absolute atomic E-state index is 11.6. The van der Waals surface area contributed by atoms with Gasteiger partial charge in [0.25, 0.3) is 0 Å². The molecule has 0 radical (unpaired) electrons. The average molecular weight is 233 g/mol. The van der Waals surface area contributed by atoms with Gasteiger partial charge in [-0.1, -0.05) is 25.3 Å². The van der Waals surface area contributed by atoms with Crippen LogP contribution in [-0.4, -0.2) is 23.6 Å². The summed E-state index contributed by atoms with van der Waals surface area (Å²) in [6, 6.07) is -0.198. The Kier molecular flexibility index (Phi) is 5.95. The molecule has 1 unspecified atom stereocenters. The Bertz CT molecular complexity index is 360. The molecule has 1 heterocycles. The van der Waals surface area contributed by atoms with Gasteiger partial charge in [0.15, 0.2) is 0 Å². The van der Waals surface area contributed by atoms with Gasteiger partial charge in [0, 0.05) is 12.6 Å². The molecule has 0 saturated carbocycles. The average Bonchev–Trinajstić information content (AvgIpc) is 2.35. The molecule has 0 aliphatic carbocycles. The number of amides is 1. The molecule has 1 atom stereocenters. The lowest BCUT2D eigenvalue weighted by molar-refractivity contribution is 0.120. The molecule has 0 spiro atoms. The van der Waals surface area contributed by atoms with Gasteiger partial charge >= 0.3 is 6.09 Å². The van der Waals surface area contributed by atoms with Crippen molar-refractivity contribution in [3.8, 4) is 11.8 Å². The van der Waals surface area contributed by atoms with Gasteiger partial charge in [0.2, 0.25) is 0 Å². The van der Waals surface area contributed by atoms with Crippen molar-refractivity contribution in [1.29, 1.82) is 0 Å². The minimum Gasteiger partial charge on any atom is -0.449 e. The summed E-state index contributed by atoms with van der Waals surface area (Å²) < 4.78 is 4.97. The highest BCUT2D eigenvalue weighted by molar-refractivity contribution is 5.71. The predicted molar refractivity (Wildman–Crippen MR) is 68.2 cm³/mol. The van der Waals surface area contributed by atoms with E-state index in [0.717, 1.165) is 19.3 Å². The number of rotatable bonds is 3. The van der Waals surface area contributed by atoms with Gasteiger partial charge in [0.05, 0.1) is 6.61 Å². The van der Waals surface area contributed by atoms with Crippen molar-refractivity contribution in [2.75, 3.05) is 6.61 Å². The van der Waals surface area contributed by atoms with E-state index in [2.05, 4.69) is 18.8 Å². The van der Waals surface area contributed by atoms with E-state index in [0.29, 0.717) is 6.61 Å². The van der Waals surface area contributed by atoms with Crippen molar-refractivity contribution < 1.29 is 9.53 Å². The lowest BCUT2D eigenvalue weighted by Crippen LogP contribution is -2.35. The zero-order valence-corrected chi connectivity index (χ0v) is 10.5. The number of ether oxygens (including phenoxy) is 1. The van der Waals surface area contributed by atoms with E-state index in [1.54, 1.807) is 19.2 Å². The summed E-state index contributed by atoms with van der Waals surface area (Å²) in [7, 11) is 0. The summed E-state index contributed by atoms with van der Waals surface area (Å²) in [6.45, 7) is 4.31. The number of nitrogens with zero attached hydrogens (tertiary/aromatic N) is 1. The van der Waals surface area contributed by atoms with Crippen molar-refractivity contribution >= 4 is 6.09 Å². The lowest BCUT2D eigenvalue weighted by atomic mass is 10.2. The van der Waals surface area contributed by atoms with E-state index in [9.17, 15) is 4.79 Å². The van der Waals surface area contributed by atoms with Crippen molar-refractivity contribution in [3.63, 3.8) is 0 Å².